The average molecular weight is 131 g/mol. The maximum Gasteiger partial charge on any atom is 0.0532 e. The fourth-order valence-corrected chi connectivity index (χ4v) is 2.37. The molecular weight excluding hydrogens is 119 g/mol. The van der Waals surface area contributed by atoms with Crippen LogP contribution in [0.5, 0.6) is 0 Å². The van der Waals surface area contributed by atoms with Gasteiger partial charge in [0, 0.05) is 12.8 Å². The second kappa shape index (κ2) is 3.42. The maximum atomic E-state index is 5.02. The predicted octanol–water partition coefficient (Wildman–Crippen LogP) is 1.74. The summed E-state index contributed by atoms with van der Waals surface area (Å²) in [5.41, 5.74) is 0.861. The number of ether oxygens (including phenoxy) is 1. The lowest BCUT2D eigenvalue weighted by Crippen LogP contribution is -2.03. The summed E-state index contributed by atoms with van der Waals surface area (Å²) in [5.74, 6) is 0. The molecule has 0 amide bonds. The summed E-state index contributed by atoms with van der Waals surface area (Å²) in [4.78, 5) is 0. The monoisotopic (exact) mass is 131 g/mol. The van der Waals surface area contributed by atoms with Gasteiger partial charge in [0.05, 0.1) is 6.61 Å². The summed E-state index contributed by atoms with van der Waals surface area (Å²) in [6.07, 6.45) is 4.19. The van der Waals surface area contributed by atoms with Crippen molar-refractivity contribution in [2.75, 3.05) is 19.9 Å². The van der Waals surface area contributed by atoms with E-state index in [4.69, 9.17) is 4.74 Å². The first-order valence-corrected chi connectivity index (χ1v) is 4.24. The second-order valence-electron chi connectivity index (χ2n) is 2.16. The minimum Gasteiger partial charge on any atom is -0.384 e. The zero-order valence-corrected chi connectivity index (χ0v) is 6.16. The first kappa shape index (κ1) is 6.51. The number of methoxy groups -OCH3 is 1. The highest BCUT2D eigenvalue weighted by Crippen LogP contribution is 2.31. The van der Waals surface area contributed by atoms with Crippen LogP contribution in [-0.4, -0.2) is 25.5 Å². The quantitative estimate of drug-likeness (QED) is 0.518. The van der Waals surface area contributed by atoms with Crippen molar-refractivity contribution in [1.82, 2.24) is 0 Å². The summed E-state index contributed by atoms with van der Waals surface area (Å²) in [6.45, 7) is 0.974. The third-order valence-electron chi connectivity index (χ3n) is 1.44. The fraction of sp³-hybridized carbons (Fsp3) is 1.00. The van der Waals surface area contributed by atoms with Gasteiger partial charge in [-0.05, 0) is 19.0 Å². The molecule has 1 unspecified atom stereocenters. The van der Waals surface area contributed by atoms with Crippen LogP contribution in [0.4, 0.5) is 0 Å². The third-order valence-corrected chi connectivity index (χ3v) is 2.94. The Bertz CT molecular complexity index is 59.5. The summed E-state index contributed by atoms with van der Waals surface area (Å²) >= 11 is 0. The lowest BCUT2D eigenvalue weighted by molar-refractivity contribution is 0.198. The third kappa shape index (κ3) is 1.72. The molecule has 1 aliphatic rings. The van der Waals surface area contributed by atoms with E-state index < -0.39 is 0 Å². The van der Waals surface area contributed by atoms with Gasteiger partial charge in [-0.1, -0.05) is 8.58 Å². The van der Waals surface area contributed by atoms with Gasteiger partial charge in [0.15, 0.2) is 0 Å². The molecule has 1 nitrogen and oxygen atoms in total. The molecule has 1 rings (SSSR count). The molecule has 0 aliphatic carbocycles. The van der Waals surface area contributed by atoms with E-state index in [-0.39, 0.29) is 0 Å². The van der Waals surface area contributed by atoms with Crippen molar-refractivity contribution in [1.29, 1.82) is 0 Å². The van der Waals surface area contributed by atoms with E-state index in [1.165, 1.54) is 19.0 Å². The van der Waals surface area contributed by atoms with E-state index in [0.29, 0.717) is 0 Å². The van der Waals surface area contributed by atoms with E-state index in [2.05, 4.69) is 0 Å². The lowest BCUT2D eigenvalue weighted by Gasteiger charge is -2.03. The van der Waals surface area contributed by atoms with Gasteiger partial charge in [0.2, 0.25) is 0 Å². The molecule has 2 heteroatoms. The summed E-state index contributed by atoms with van der Waals surface area (Å²) in [6, 6.07) is 0. The molecule has 0 aromatic heterocycles. The molecule has 1 atom stereocenters. The molecule has 1 radical (unpaired) electrons. The summed E-state index contributed by atoms with van der Waals surface area (Å²) in [5, 5.41) is 0. The zero-order chi connectivity index (χ0) is 5.82. The standard InChI is InChI=1S/C6H12OP/c1-7-5-6-3-2-4-8-6/h6H,2-5H2,1H3. The Kier molecular flexibility index (Phi) is 2.78. The molecular formula is C6H12OP. The predicted molar refractivity (Wildman–Crippen MR) is 36.7 cm³/mol. The Labute approximate surface area is 52.6 Å². The van der Waals surface area contributed by atoms with E-state index >= 15 is 0 Å². The molecule has 0 N–H and O–H groups in total. The van der Waals surface area contributed by atoms with E-state index in [1.807, 2.05) is 0 Å². The molecule has 1 saturated heterocycles. The van der Waals surface area contributed by atoms with Gasteiger partial charge >= 0.3 is 0 Å². The molecule has 0 saturated carbocycles. The molecule has 0 bridgehead atoms. The van der Waals surface area contributed by atoms with Crippen LogP contribution >= 0.6 is 8.58 Å². The highest BCUT2D eigenvalue weighted by atomic mass is 31.1. The van der Waals surface area contributed by atoms with Crippen LogP contribution in [0, 0.1) is 0 Å². The highest BCUT2D eigenvalue weighted by Gasteiger charge is 2.14. The molecule has 47 valence electrons. The highest BCUT2D eigenvalue weighted by molar-refractivity contribution is 7.39. The van der Waals surface area contributed by atoms with Gasteiger partial charge in [-0.15, -0.1) is 0 Å². The van der Waals surface area contributed by atoms with Crippen molar-refractivity contribution < 1.29 is 4.74 Å². The van der Waals surface area contributed by atoms with Gasteiger partial charge in [0.25, 0.3) is 0 Å². The van der Waals surface area contributed by atoms with Crippen molar-refractivity contribution in [3.05, 3.63) is 0 Å². The second-order valence-corrected chi connectivity index (χ2v) is 3.70. The molecule has 1 fully saturated rings. The van der Waals surface area contributed by atoms with Gasteiger partial charge < -0.3 is 4.74 Å². The SMILES string of the molecule is COCC1CCC[P]1. The average Bonchev–Trinajstić information content (AvgIpc) is 2.19. The van der Waals surface area contributed by atoms with Crippen molar-refractivity contribution >= 4 is 8.58 Å². The number of hydrogen-bond acceptors (Lipinski definition) is 1. The van der Waals surface area contributed by atoms with Crippen molar-refractivity contribution in [2.45, 2.75) is 18.5 Å². The van der Waals surface area contributed by atoms with Crippen LogP contribution in [0.15, 0.2) is 0 Å². The molecule has 0 aromatic carbocycles. The molecule has 1 aliphatic heterocycles. The van der Waals surface area contributed by atoms with Crippen molar-refractivity contribution in [3.8, 4) is 0 Å². The van der Waals surface area contributed by atoms with Gasteiger partial charge in [-0.3, -0.25) is 0 Å². The van der Waals surface area contributed by atoms with Crippen LogP contribution in [0.1, 0.15) is 12.8 Å². The Balaban J connectivity index is 2.06. The molecule has 0 spiro atoms. The minimum absolute atomic E-state index is 0.861. The van der Waals surface area contributed by atoms with Crippen molar-refractivity contribution in [2.24, 2.45) is 0 Å². The number of hydrogen-bond donors (Lipinski definition) is 0. The Morgan fingerprint density at radius 3 is 3.12 bits per heavy atom. The molecule has 1 heterocycles. The van der Waals surface area contributed by atoms with E-state index in [9.17, 15) is 0 Å². The van der Waals surface area contributed by atoms with Crippen LogP contribution in [0.2, 0.25) is 0 Å². The largest absolute Gasteiger partial charge is 0.384 e. The normalized spacial score (nSPS) is 31.9. The topological polar surface area (TPSA) is 9.23 Å². The first-order chi connectivity index (χ1) is 3.93. The first-order valence-electron chi connectivity index (χ1n) is 3.09. The van der Waals surface area contributed by atoms with E-state index in [1.54, 1.807) is 15.7 Å². The van der Waals surface area contributed by atoms with Crippen molar-refractivity contribution in [3.63, 3.8) is 0 Å². The van der Waals surface area contributed by atoms with Crippen LogP contribution < -0.4 is 0 Å². The lowest BCUT2D eigenvalue weighted by atomic mass is 10.3. The minimum atomic E-state index is 0.861. The van der Waals surface area contributed by atoms with Gasteiger partial charge in [0.1, 0.15) is 0 Å². The maximum absolute atomic E-state index is 5.02. The Hall–Kier alpha value is 0.390. The summed E-state index contributed by atoms with van der Waals surface area (Å²) in [7, 11) is 3.40. The van der Waals surface area contributed by atoms with Gasteiger partial charge in [-0.2, -0.15) is 0 Å². The van der Waals surface area contributed by atoms with Crippen LogP contribution in [-0.2, 0) is 4.74 Å². The fourth-order valence-electron chi connectivity index (χ4n) is 1.02. The van der Waals surface area contributed by atoms with Crippen LogP contribution in [0.25, 0.3) is 0 Å². The van der Waals surface area contributed by atoms with Gasteiger partial charge in [-0.25, -0.2) is 0 Å². The smallest absolute Gasteiger partial charge is 0.0532 e. The van der Waals surface area contributed by atoms with E-state index in [0.717, 1.165) is 12.3 Å². The summed E-state index contributed by atoms with van der Waals surface area (Å²) < 4.78 is 5.02. The Morgan fingerprint density at radius 2 is 2.62 bits per heavy atom. The van der Waals surface area contributed by atoms with Crippen LogP contribution in [0.3, 0.4) is 0 Å². The Morgan fingerprint density at radius 1 is 1.75 bits per heavy atom. The molecule has 8 heavy (non-hydrogen) atoms. The molecule has 0 aromatic rings. The zero-order valence-electron chi connectivity index (χ0n) is 5.26. The number of rotatable bonds is 2.